The molecule has 0 unspecified atom stereocenters. The highest BCUT2D eigenvalue weighted by atomic mass is 35.5. The Bertz CT molecular complexity index is 1770. The molecular formula is C37H39ClFN3O4S. The van der Waals surface area contributed by atoms with Crippen molar-refractivity contribution in [3.63, 3.8) is 0 Å². The van der Waals surface area contributed by atoms with Gasteiger partial charge in [0.2, 0.25) is 11.8 Å². The molecule has 1 aliphatic rings. The Balaban J connectivity index is 1.58. The van der Waals surface area contributed by atoms with Crippen molar-refractivity contribution in [3.05, 3.63) is 131 Å². The maximum atomic E-state index is 14.6. The molecular weight excluding hydrogens is 637 g/mol. The lowest BCUT2D eigenvalue weighted by Crippen LogP contribution is -2.55. The number of anilines is 1. The van der Waals surface area contributed by atoms with Gasteiger partial charge in [0.05, 0.1) is 10.6 Å². The second kappa shape index (κ2) is 15.6. The molecule has 0 spiro atoms. The summed E-state index contributed by atoms with van der Waals surface area (Å²) in [7, 11) is -4.25. The number of carbonyl (C=O) groups excluding carboxylic acids is 2. The summed E-state index contributed by atoms with van der Waals surface area (Å²) in [5.41, 5.74) is 2.18. The van der Waals surface area contributed by atoms with Crippen LogP contribution in [0.2, 0.25) is 5.02 Å². The Kier molecular flexibility index (Phi) is 11.3. The molecule has 4 aromatic rings. The summed E-state index contributed by atoms with van der Waals surface area (Å²) in [5, 5.41) is 3.53. The summed E-state index contributed by atoms with van der Waals surface area (Å²) >= 11 is 6.45. The van der Waals surface area contributed by atoms with Gasteiger partial charge in [-0.3, -0.25) is 13.9 Å². The van der Waals surface area contributed by atoms with Crippen molar-refractivity contribution in [1.29, 1.82) is 0 Å². The van der Waals surface area contributed by atoms with Gasteiger partial charge in [0.15, 0.2) is 0 Å². The fraction of sp³-hybridized carbons (Fsp3) is 0.297. The first-order valence-electron chi connectivity index (χ1n) is 15.8. The van der Waals surface area contributed by atoms with E-state index in [-0.39, 0.29) is 35.5 Å². The van der Waals surface area contributed by atoms with E-state index >= 15 is 0 Å². The molecule has 4 aromatic carbocycles. The van der Waals surface area contributed by atoms with Crippen LogP contribution in [-0.2, 0) is 32.6 Å². The molecule has 1 aliphatic carbocycles. The molecule has 2 amide bonds. The number of benzene rings is 4. The lowest BCUT2D eigenvalue weighted by Gasteiger charge is -2.35. The van der Waals surface area contributed by atoms with E-state index in [0.717, 1.165) is 42.0 Å². The fourth-order valence-electron chi connectivity index (χ4n) is 5.98. The Labute approximate surface area is 281 Å². The van der Waals surface area contributed by atoms with Crippen LogP contribution in [0.4, 0.5) is 10.1 Å². The fourth-order valence-corrected chi connectivity index (χ4v) is 7.65. The van der Waals surface area contributed by atoms with Crippen molar-refractivity contribution in [2.75, 3.05) is 10.8 Å². The van der Waals surface area contributed by atoms with Gasteiger partial charge in [-0.15, -0.1) is 0 Å². The van der Waals surface area contributed by atoms with Gasteiger partial charge in [0.25, 0.3) is 10.0 Å². The van der Waals surface area contributed by atoms with E-state index in [2.05, 4.69) is 5.32 Å². The quantitative estimate of drug-likeness (QED) is 0.174. The van der Waals surface area contributed by atoms with Gasteiger partial charge in [-0.1, -0.05) is 97.6 Å². The Morgan fingerprint density at radius 3 is 2.15 bits per heavy atom. The molecule has 7 nitrogen and oxygen atoms in total. The number of hydrogen-bond acceptors (Lipinski definition) is 4. The average Bonchev–Trinajstić information content (AvgIpc) is 3.08. The molecule has 0 radical (unpaired) electrons. The predicted molar refractivity (Wildman–Crippen MR) is 183 cm³/mol. The monoisotopic (exact) mass is 675 g/mol. The van der Waals surface area contributed by atoms with Crippen LogP contribution in [0.3, 0.4) is 0 Å². The molecule has 5 rings (SSSR count). The van der Waals surface area contributed by atoms with Crippen LogP contribution in [-0.4, -0.2) is 43.8 Å². The van der Waals surface area contributed by atoms with E-state index in [1.807, 2.05) is 30.3 Å². The number of hydrogen-bond donors (Lipinski definition) is 1. The van der Waals surface area contributed by atoms with Gasteiger partial charge < -0.3 is 10.2 Å². The lowest BCUT2D eigenvalue weighted by atomic mass is 9.94. The van der Waals surface area contributed by atoms with E-state index in [0.29, 0.717) is 16.1 Å². The molecule has 1 N–H and O–H groups in total. The zero-order valence-electron chi connectivity index (χ0n) is 26.3. The van der Waals surface area contributed by atoms with Crippen molar-refractivity contribution in [1.82, 2.24) is 10.2 Å². The Morgan fingerprint density at radius 2 is 1.49 bits per heavy atom. The van der Waals surface area contributed by atoms with E-state index < -0.39 is 34.3 Å². The number of amides is 2. The number of nitrogens with one attached hydrogen (secondary N) is 1. The summed E-state index contributed by atoms with van der Waals surface area (Å²) in [6.45, 7) is 1.06. The first-order valence-corrected chi connectivity index (χ1v) is 17.7. The van der Waals surface area contributed by atoms with Gasteiger partial charge in [0, 0.05) is 24.0 Å². The van der Waals surface area contributed by atoms with Gasteiger partial charge >= 0.3 is 0 Å². The zero-order valence-corrected chi connectivity index (χ0v) is 27.9. The predicted octanol–water partition coefficient (Wildman–Crippen LogP) is 7.07. The number of carbonyl (C=O) groups is 2. The maximum absolute atomic E-state index is 14.6. The SMILES string of the molecule is Cc1c(Cl)cccc1N(CC(=O)N(Cc1ccc(F)cc1)[C@@H](Cc1ccccc1)C(=O)NC1CCCCC1)S(=O)(=O)c1ccccc1. The third-order valence-corrected chi connectivity index (χ3v) is 10.8. The first-order chi connectivity index (χ1) is 22.6. The van der Waals surface area contributed by atoms with Crippen LogP contribution in [0, 0.1) is 12.7 Å². The van der Waals surface area contributed by atoms with E-state index in [1.54, 1.807) is 55.5 Å². The minimum absolute atomic E-state index is 0.00753. The minimum Gasteiger partial charge on any atom is -0.352 e. The van der Waals surface area contributed by atoms with Gasteiger partial charge in [-0.05, 0) is 72.9 Å². The van der Waals surface area contributed by atoms with Crippen molar-refractivity contribution < 1.29 is 22.4 Å². The summed E-state index contributed by atoms with van der Waals surface area (Å²) in [6, 6.07) is 26.9. The van der Waals surface area contributed by atoms with E-state index in [9.17, 15) is 22.4 Å². The Hall–Kier alpha value is -4.21. The summed E-state index contributed by atoms with van der Waals surface area (Å²) in [4.78, 5) is 30.2. The van der Waals surface area contributed by atoms with Crippen molar-refractivity contribution >= 4 is 39.1 Å². The number of rotatable bonds is 12. The third kappa shape index (κ3) is 8.58. The van der Waals surface area contributed by atoms with Crippen molar-refractivity contribution in [3.8, 4) is 0 Å². The third-order valence-electron chi connectivity index (χ3n) is 8.61. The van der Waals surface area contributed by atoms with Crippen LogP contribution in [0.5, 0.6) is 0 Å². The standard InChI is InChI=1S/C37H39ClFN3O4S/c1-27-33(38)18-11-19-34(27)42(47(45,46)32-16-9-4-10-17-32)26-36(43)41(25-29-20-22-30(39)23-21-29)35(24-28-12-5-2-6-13-28)37(44)40-31-14-7-3-8-15-31/h2,4-6,9-13,16-23,31,35H,3,7-8,14-15,24-26H2,1H3,(H,40,44)/t35-/m0/s1. The molecule has 0 heterocycles. The topological polar surface area (TPSA) is 86.8 Å². The molecule has 246 valence electrons. The summed E-state index contributed by atoms with van der Waals surface area (Å²) in [6.07, 6.45) is 5.05. The van der Waals surface area contributed by atoms with E-state index in [4.69, 9.17) is 11.6 Å². The highest BCUT2D eigenvalue weighted by Crippen LogP contribution is 2.31. The number of nitrogens with zero attached hydrogens (tertiary/aromatic N) is 2. The molecule has 1 saturated carbocycles. The zero-order chi connectivity index (χ0) is 33.4. The molecule has 1 atom stereocenters. The maximum Gasteiger partial charge on any atom is 0.264 e. The van der Waals surface area contributed by atoms with Crippen LogP contribution in [0.25, 0.3) is 0 Å². The highest BCUT2D eigenvalue weighted by Gasteiger charge is 2.36. The molecule has 0 aliphatic heterocycles. The van der Waals surface area contributed by atoms with Crippen LogP contribution >= 0.6 is 11.6 Å². The highest BCUT2D eigenvalue weighted by molar-refractivity contribution is 7.92. The largest absolute Gasteiger partial charge is 0.352 e. The van der Waals surface area contributed by atoms with Crippen LogP contribution in [0.15, 0.2) is 108 Å². The normalized spacial score (nSPS) is 14.3. The van der Waals surface area contributed by atoms with E-state index in [1.165, 1.54) is 29.2 Å². The van der Waals surface area contributed by atoms with Crippen molar-refractivity contribution in [2.24, 2.45) is 0 Å². The summed E-state index contributed by atoms with van der Waals surface area (Å²) in [5.74, 6) is -1.33. The van der Waals surface area contributed by atoms with Crippen LogP contribution in [0.1, 0.15) is 48.8 Å². The smallest absolute Gasteiger partial charge is 0.264 e. The summed E-state index contributed by atoms with van der Waals surface area (Å²) < 4.78 is 43.4. The second-order valence-electron chi connectivity index (χ2n) is 11.9. The molecule has 0 aromatic heterocycles. The molecule has 47 heavy (non-hydrogen) atoms. The number of sulfonamides is 1. The molecule has 0 bridgehead atoms. The molecule has 1 fully saturated rings. The molecule has 10 heteroatoms. The average molecular weight is 676 g/mol. The van der Waals surface area contributed by atoms with Gasteiger partial charge in [-0.25, -0.2) is 12.8 Å². The van der Waals surface area contributed by atoms with Crippen molar-refractivity contribution in [2.45, 2.75) is 69.0 Å². The Morgan fingerprint density at radius 1 is 0.851 bits per heavy atom. The number of halogens is 2. The minimum atomic E-state index is -4.25. The van der Waals surface area contributed by atoms with Gasteiger partial charge in [0.1, 0.15) is 18.4 Å². The van der Waals surface area contributed by atoms with Gasteiger partial charge in [-0.2, -0.15) is 0 Å². The lowest BCUT2D eigenvalue weighted by molar-refractivity contribution is -0.140. The van der Waals surface area contributed by atoms with Crippen LogP contribution < -0.4 is 9.62 Å². The molecule has 0 saturated heterocycles. The first kappa shape index (κ1) is 34.1. The second-order valence-corrected chi connectivity index (χ2v) is 14.2.